The Kier molecular flexibility index (Phi) is 4.37. The Hall–Kier alpha value is -1.94. The van der Waals surface area contributed by atoms with Crippen LogP contribution in [-0.2, 0) is 4.74 Å². The summed E-state index contributed by atoms with van der Waals surface area (Å²) < 4.78 is 7.49. The molecular formula is C33H39NO2. The molecule has 3 heterocycles. The molecule has 188 valence electrons. The molecule has 2 spiro atoms. The smallest absolute Gasteiger partial charge is 0.0974 e. The zero-order chi connectivity index (χ0) is 24.3. The monoisotopic (exact) mass is 481 g/mol. The third-order valence-electron chi connectivity index (χ3n) is 11.4. The molecular weight excluding hydrogens is 442 g/mol. The number of aliphatic hydroxyl groups is 1. The van der Waals surface area contributed by atoms with Crippen LogP contribution in [0.25, 0.3) is 10.8 Å². The summed E-state index contributed by atoms with van der Waals surface area (Å²) in [6, 6.07) is 16.5. The van der Waals surface area contributed by atoms with Crippen LogP contribution >= 0.6 is 0 Å². The third-order valence-corrected chi connectivity index (χ3v) is 11.4. The van der Waals surface area contributed by atoms with Gasteiger partial charge < -0.3 is 9.84 Å². The van der Waals surface area contributed by atoms with Gasteiger partial charge in [0.15, 0.2) is 0 Å². The molecule has 6 aliphatic rings. The predicted molar refractivity (Wildman–Crippen MR) is 144 cm³/mol. The molecule has 1 N–H and O–H groups in total. The number of rotatable bonds is 2. The van der Waals surface area contributed by atoms with Gasteiger partial charge in [0.05, 0.1) is 16.8 Å². The molecule has 0 aromatic heterocycles. The van der Waals surface area contributed by atoms with Crippen LogP contribution in [0, 0.1) is 11.3 Å². The number of β-amino-alcohol motifs (C(OH)–C–C–N with tert-alkyl or cyclic N) is 1. The molecule has 2 bridgehead atoms. The molecule has 0 radical (unpaired) electrons. The van der Waals surface area contributed by atoms with Gasteiger partial charge in [-0.2, -0.15) is 0 Å². The summed E-state index contributed by atoms with van der Waals surface area (Å²) in [6.07, 6.45) is 14.7. The van der Waals surface area contributed by atoms with Crippen LogP contribution in [0.4, 0.5) is 0 Å². The van der Waals surface area contributed by atoms with E-state index >= 15 is 0 Å². The Balaban J connectivity index is 1.13. The number of likely N-dealkylation sites (tertiary alicyclic amines) is 1. The second-order valence-corrected chi connectivity index (χ2v) is 13.6. The first-order valence-corrected chi connectivity index (χ1v) is 14.4. The molecule has 2 aromatic carbocycles. The van der Waals surface area contributed by atoms with Crippen LogP contribution in [0.2, 0.25) is 0 Å². The summed E-state index contributed by atoms with van der Waals surface area (Å²) in [5, 5.41) is 13.1. The molecule has 0 amide bonds. The molecule has 3 aliphatic heterocycles. The second-order valence-electron chi connectivity index (χ2n) is 13.6. The maximum Gasteiger partial charge on any atom is 0.0974 e. The zero-order valence-corrected chi connectivity index (χ0v) is 21.8. The van der Waals surface area contributed by atoms with Gasteiger partial charge in [-0.25, -0.2) is 0 Å². The van der Waals surface area contributed by atoms with Crippen molar-refractivity contribution in [1.82, 2.24) is 4.90 Å². The minimum Gasteiger partial charge on any atom is -0.388 e. The van der Waals surface area contributed by atoms with Crippen molar-refractivity contribution in [1.29, 1.82) is 0 Å². The largest absolute Gasteiger partial charge is 0.388 e. The molecule has 1 unspecified atom stereocenters. The van der Waals surface area contributed by atoms with E-state index in [1.807, 2.05) is 6.92 Å². The number of hydrogen-bond donors (Lipinski definition) is 1. The number of nitrogens with zero attached hydrogens (tertiary/aromatic N) is 1. The number of hydrogen-bond acceptors (Lipinski definition) is 3. The Labute approximate surface area is 215 Å². The van der Waals surface area contributed by atoms with Crippen LogP contribution in [0.15, 0.2) is 65.8 Å². The highest BCUT2D eigenvalue weighted by molar-refractivity contribution is 5.83. The first-order chi connectivity index (χ1) is 17.3. The molecule has 2 saturated carbocycles. The number of benzene rings is 2. The highest BCUT2D eigenvalue weighted by atomic mass is 16.5. The molecule has 3 nitrogen and oxygen atoms in total. The first kappa shape index (κ1) is 22.1. The average molecular weight is 482 g/mol. The summed E-state index contributed by atoms with van der Waals surface area (Å²) in [5.74, 6) is 1.18. The Bertz CT molecular complexity index is 1320. The van der Waals surface area contributed by atoms with Gasteiger partial charge in [-0.3, -0.25) is 4.90 Å². The van der Waals surface area contributed by atoms with Crippen molar-refractivity contribution < 1.29 is 9.84 Å². The number of allylic oxidation sites excluding steroid dienone is 1. The summed E-state index contributed by atoms with van der Waals surface area (Å²) in [4.78, 5) is 2.52. The van der Waals surface area contributed by atoms with E-state index in [4.69, 9.17) is 4.74 Å². The van der Waals surface area contributed by atoms with Crippen molar-refractivity contribution in [2.45, 2.75) is 94.0 Å². The zero-order valence-electron chi connectivity index (χ0n) is 21.8. The fourth-order valence-electron chi connectivity index (χ4n) is 9.75. The van der Waals surface area contributed by atoms with Crippen molar-refractivity contribution >= 4 is 10.8 Å². The standard InChI is InChI=1S/C33H39NO2/c1-30(35)20-34(21-30)27-10-9-25-18-26-13-14-31(2)28(24-8-7-22-5-3-4-6-23(22)17-24)11-12-29(31)33(26)16-15-32(25,19-27)36-33/h3-8,13,17-18,27-29,35H,9-12,14-16,19-21H2,1-2H3/t27-,28+,29+,31+,32?,33+/m0/s1. The van der Waals surface area contributed by atoms with Gasteiger partial charge in [-0.15, -0.1) is 0 Å². The van der Waals surface area contributed by atoms with Crippen LogP contribution in [0.1, 0.15) is 76.7 Å². The summed E-state index contributed by atoms with van der Waals surface area (Å²) in [6.45, 7) is 6.18. The SMILES string of the molecule is CC1(O)CN([C@H]2CCC3=CC4=CC[C@]5(C)[C@@H](c6ccc7ccccc7c6)CC[C@H]5[C@@]45CCC3(C2)O5)C1. The van der Waals surface area contributed by atoms with E-state index in [-0.39, 0.29) is 16.6 Å². The van der Waals surface area contributed by atoms with Gasteiger partial charge in [0.25, 0.3) is 0 Å². The van der Waals surface area contributed by atoms with Crippen molar-refractivity contribution in [3.63, 3.8) is 0 Å². The van der Waals surface area contributed by atoms with E-state index < -0.39 is 5.60 Å². The van der Waals surface area contributed by atoms with Crippen LogP contribution in [0.5, 0.6) is 0 Å². The van der Waals surface area contributed by atoms with Gasteiger partial charge in [-0.1, -0.05) is 61.5 Å². The maximum atomic E-state index is 10.3. The molecule has 3 aliphatic carbocycles. The van der Waals surface area contributed by atoms with Crippen molar-refractivity contribution in [3.8, 4) is 0 Å². The Morgan fingerprint density at radius 2 is 1.81 bits per heavy atom. The van der Waals surface area contributed by atoms with E-state index in [9.17, 15) is 5.11 Å². The summed E-state index contributed by atoms with van der Waals surface area (Å²) in [5.41, 5.74) is 4.18. The Morgan fingerprint density at radius 3 is 2.64 bits per heavy atom. The van der Waals surface area contributed by atoms with Gasteiger partial charge in [-0.05, 0) is 103 Å². The van der Waals surface area contributed by atoms with E-state index in [1.54, 1.807) is 5.57 Å². The fraction of sp³-hybridized carbons (Fsp3) is 0.576. The van der Waals surface area contributed by atoms with E-state index in [2.05, 4.69) is 66.4 Å². The molecule has 3 heteroatoms. The maximum absolute atomic E-state index is 10.3. The molecule has 2 saturated heterocycles. The van der Waals surface area contributed by atoms with Crippen molar-refractivity contribution in [2.75, 3.05) is 13.1 Å². The Morgan fingerprint density at radius 1 is 0.972 bits per heavy atom. The third kappa shape index (κ3) is 2.86. The summed E-state index contributed by atoms with van der Waals surface area (Å²) in [7, 11) is 0. The lowest BCUT2D eigenvalue weighted by atomic mass is 9.58. The van der Waals surface area contributed by atoms with Crippen molar-refractivity contribution in [3.05, 3.63) is 71.3 Å². The fourth-order valence-corrected chi connectivity index (χ4v) is 9.75. The molecule has 8 rings (SSSR count). The van der Waals surface area contributed by atoms with E-state index in [0.717, 1.165) is 32.4 Å². The van der Waals surface area contributed by atoms with E-state index in [0.29, 0.717) is 17.9 Å². The number of ether oxygens (including phenoxy) is 1. The lowest BCUT2D eigenvalue weighted by molar-refractivity contribution is -0.157. The minimum absolute atomic E-state index is 0.0685. The quantitative estimate of drug-likeness (QED) is 0.530. The predicted octanol–water partition coefficient (Wildman–Crippen LogP) is 6.52. The van der Waals surface area contributed by atoms with E-state index in [1.165, 1.54) is 54.0 Å². The molecule has 36 heavy (non-hydrogen) atoms. The lowest BCUT2D eigenvalue weighted by Gasteiger charge is -2.56. The highest BCUT2D eigenvalue weighted by Gasteiger charge is 2.66. The summed E-state index contributed by atoms with van der Waals surface area (Å²) >= 11 is 0. The topological polar surface area (TPSA) is 32.7 Å². The first-order valence-electron chi connectivity index (χ1n) is 14.4. The minimum atomic E-state index is -0.499. The molecule has 6 atom stereocenters. The molecule has 2 aromatic rings. The van der Waals surface area contributed by atoms with Gasteiger partial charge >= 0.3 is 0 Å². The average Bonchev–Trinajstić information content (AvgIpc) is 3.37. The van der Waals surface area contributed by atoms with Crippen LogP contribution in [0.3, 0.4) is 0 Å². The normalized spacial score (nSPS) is 42.7. The van der Waals surface area contributed by atoms with Gasteiger partial charge in [0.2, 0.25) is 0 Å². The molecule has 4 fully saturated rings. The van der Waals surface area contributed by atoms with Crippen LogP contribution < -0.4 is 0 Å². The van der Waals surface area contributed by atoms with Gasteiger partial charge in [0, 0.05) is 19.1 Å². The van der Waals surface area contributed by atoms with Gasteiger partial charge in [0.1, 0.15) is 0 Å². The number of fused-ring (bicyclic) bond motifs is 2. The highest BCUT2D eigenvalue weighted by Crippen LogP contribution is 2.69. The van der Waals surface area contributed by atoms with Crippen molar-refractivity contribution in [2.24, 2.45) is 11.3 Å². The lowest BCUT2D eigenvalue weighted by Crippen LogP contribution is -2.65. The van der Waals surface area contributed by atoms with Crippen LogP contribution in [-0.4, -0.2) is 45.9 Å². The second kappa shape index (κ2) is 7.12.